The standard InChI is InChI=1S/C16H25N3O/c1-12(2)14-6-4-13(5-7-14)11-19-9-8-18-10-15(19)16(20)17-3/h4-7,12,15,18H,8-11H2,1-3H3,(H,17,20). The number of amides is 1. The van der Waals surface area contributed by atoms with Crippen LogP contribution in [0.3, 0.4) is 0 Å². The maximum atomic E-state index is 11.9. The zero-order valence-corrected chi connectivity index (χ0v) is 12.6. The Bertz CT molecular complexity index is 442. The summed E-state index contributed by atoms with van der Waals surface area (Å²) in [5.74, 6) is 0.651. The smallest absolute Gasteiger partial charge is 0.238 e. The lowest BCUT2D eigenvalue weighted by atomic mass is 10.0. The highest BCUT2D eigenvalue weighted by Crippen LogP contribution is 2.16. The number of piperazine rings is 1. The number of nitrogens with zero attached hydrogens (tertiary/aromatic N) is 1. The number of hydrogen-bond donors (Lipinski definition) is 2. The Kier molecular flexibility index (Phi) is 5.15. The predicted molar refractivity (Wildman–Crippen MR) is 81.7 cm³/mol. The zero-order chi connectivity index (χ0) is 14.5. The van der Waals surface area contributed by atoms with E-state index in [9.17, 15) is 4.79 Å². The monoisotopic (exact) mass is 275 g/mol. The molecular weight excluding hydrogens is 250 g/mol. The molecule has 0 spiro atoms. The van der Waals surface area contributed by atoms with E-state index in [0.29, 0.717) is 5.92 Å². The summed E-state index contributed by atoms with van der Waals surface area (Å²) in [4.78, 5) is 14.2. The molecule has 0 aromatic heterocycles. The van der Waals surface area contributed by atoms with Gasteiger partial charge in [0.1, 0.15) is 6.04 Å². The van der Waals surface area contributed by atoms with E-state index in [1.165, 1.54) is 11.1 Å². The minimum absolute atomic E-state index is 0.0708. The Morgan fingerprint density at radius 1 is 1.40 bits per heavy atom. The molecule has 0 saturated carbocycles. The molecule has 1 aromatic rings. The quantitative estimate of drug-likeness (QED) is 0.871. The lowest BCUT2D eigenvalue weighted by Gasteiger charge is -2.34. The molecule has 2 rings (SSSR count). The third kappa shape index (κ3) is 3.58. The molecular formula is C16H25N3O. The average Bonchev–Trinajstić information content (AvgIpc) is 2.47. The molecule has 4 nitrogen and oxygen atoms in total. The number of carbonyl (C=O) groups is 1. The molecule has 1 unspecified atom stereocenters. The highest BCUT2D eigenvalue weighted by molar-refractivity contribution is 5.81. The molecule has 1 aromatic carbocycles. The third-order valence-electron chi connectivity index (χ3n) is 3.94. The van der Waals surface area contributed by atoms with Gasteiger partial charge in [0.05, 0.1) is 0 Å². The Hall–Kier alpha value is -1.39. The van der Waals surface area contributed by atoms with Gasteiger partial charge in [-0.15, -0.1) is 0 Å². The van der Waals surface area contributed by atoms with Gasteiger partial charge in [0.15, 0.2) is 0 Å². The number of nitrogens with one attached hydrogen (secondary N) is 2. The van der Waals surface area contributed by atoms with E-state index in [0.717, 1.165) is 26.2 Å². The summed E-state index contributed by atoms with van der Waals surface area (Å²) in [5, 5.41) is 6.04. The molecule has 0 radical (unpaired) electrons. The lowest BCUT2D eigenvalue weighted by Crippen LogP contribution is -2.56. The van der Waals surface area contributed by atoms with Gasteiger partial charge in [-0.1, -0.05) is 38.1 Å². The van der Waals surface area contributed by atoms with E-state index in [2.05, 4.69) is 53.6 Å². The van der Waals surface area contributed by atoms with Crippen molar-refractivity contribution in [1.82, 2.24) is 15.5 Å². The molecule has 1 amide bonds. The van der Waals surface area contributed by atoms with Crippen molar-refractivity contribution in [3.05, 3.63) is 35.4 Å². The molecule has 1 atom stereocenters. The van der Waals surface area contributed by atoms with Gasteiger partial charge < -0.3 is 10.6 Å². The Morgan fingerprint density at radius 3 is 2.70 bits per heavy atom. The van der Waals surface area contributed by atoms with Crippen LogP contribution in [-0.2, 0) is 11.3 Å². The molecule has 2 N–H and O–H groups in total. The molecule has 1 aliphatic heterocycles. The van der Waals surface area contributed by atoms with E-state index < -0.39 is 0 Å². The summed E-state index contributed by atoms with van der Waals surface area (Å²) >= 11 is 0. The van der Waals surface area contributed by atoms with Crippen molar-refractivity contribution in [1.29, 1.82) is 0 Å². The summed E-state index contributed by atoms with van der Waals surface area (Å²) in [6.45, 7) is 7.81. The Labute approximate surface area is 121 Å². The van der Waals surface area contributed by atoms with Crippen LogP contribution in [-0.4, -0.2) is 43.5 Å². The van der Waals surface area contributed by atoms with Crippen LogP contribution in [0.2, 0.25) is 0 Å². The SMILES string of the molecule is CNC(=O)C1CNCCN1Cc1ccc(C(C)C)cc1. The zero-order valence-electron chi connectivity index (χ0n) is 12.6. The summed E-state index contributed by atoms with van der Waals surface area (Å²) in [7, 11) is 1.70. The van der Waals surface area contributed by atoms with Gasteiger partial charge in [0, 0.05) is 33.2 Å². The number of carbonyl (C=O) groups excluding carboxylic acids is 1. The first-order chi connectivity index (χ1) is 9.61. The van der Waals surface area contributed by atoms with E-state index in [-0.39, 0.29) is 11.9 Å². The van der Waals surface area contributed by atoms with Crippen molar-refractivity contribution in [2.45, 2.75) is 32.4 Å². The second-order valence-electron chi connectivity index (χ2n) is 5.70. The van der Waals surface area contributed by atoms with Gasteiger partial charge in [0.25, 0.3) is 0 Å². The van der Waals surface area contributed by atoms with Crippen LogP contribution in [0.4, 0.5) is 0 Å². The molecule has 20 heavy (non-hydrogen) atoms. The van der Waals surface area contributed by atoms with Gasteiger partial charge in [-0.25, -0.2) is 0 Å². The molecule has 0 bridgehead atoms. The molecule has 1 aliphatic rings. The van der Waals surface area contributed by atoms with Crippen LogP contribution < -0.4 is 10.6 Å². The summed E-state index contributed by atoms with van der Waals surface area (Å²) in [6, 6.07) is 8.67. The Balaban J connectivity index is 2.04. The van der Waals surface area contributed by atoms with Gasteiger partial charge in [0.2, 0.25) is 5.91 Å². The number of hydrogen-bond acceptors (Lipinski definition) is 3. The first kappa shape index (κ1) is 15.0. The van der Waals surface area contributed by atoms with Crippen LogP contribution in [0, 0.1) is 0 Å². The highest BCUT2D eigenvalue weighted by atomic mass is 16.2. The van der Waals surface area contributed by atoms with Gasteiger partial charge in [-0.2, -0.15) is 0 Å². The van der Waals surface area contributed by atoms with Crippen LogP contribution in [0.1, 0.15) is 30.9 Å². The van der Waals surface area contributed by atoms with E-state index in [1.54, 1.807) is 7.05 Å². The molecule has 110 valence electrons. The maximum Gasteiger partial charge on any atom is 0.238 e. The number of likely N-dealkylation sites (N-methyl/N-ethyl adjacent to an activating group) is 1. The minimum atomic E-state index is -0.0708. The van der Waals surface area contributed by atoms with E-state index in [4.69, 9.17) is 0 Å². The van der Waals surface area contributed by atoms with Crippen molar-refractivity contribution >= 4 is 5.91 Å². The Morgan fingerprint density at radius 2 is 2.10 bits per heavy atom. The van der Waals surface area contributed by atoms with Crippen LogP contribution >= 0.6 is 0 Å². The lowest BCUT2D eigenvalue weighted by molar-refractivity contribution is -0.126. The van der Waals surface area contributed by atoms with E-state index in [1.807, 2.05) is 0 Å². The van der Waals surface area contributed by atoms with Gasteiger partial charge >= 0.3 is 0 Å². The fourth-order valence-corrected chi connectivity index (χ4v) is 2.60. The second-order valence-corrected chi connectivity index (χ2v) is 5.70. The summed E-state index contributed by atoms with van der Waals surface area (Å²) in [5.41, 5.74) is 2.63. The topological polar surface area (TPSA) is 44.4 Å². The van der Waals surface area contributed by atoms with Crippen molar-refractivity contribution in [2.75, 3.05) is 26.7 Å². The van der Waals surface area contributed by atoms with Gasteiger partial charge in [-0.05, 0) is 17.0 Å². The first-order valence-electron chi connectivity index (χ1n) is 7.37. The maximum absolute atomic E-state index is 11.9. The largest absolute Gasteiger partial charge is 0.358 e. The molecule has 4 heteroatoms. The predicted octanol–water partition coefficient (Wildman–Crippen LogP) is 1.33. The highest BCUT2D eigenvalue weighted by Gasteiger charge is 2.27. The summed E-state index contributed by atoms with van der Waals surface area (Å²) in [6.07, 6.45) is 0. The van der Waals surface area contributed by atoms with Crippen LogP contribution in [0.15, 0.2) is 24.3 Å². The van der Waals surface area contributed by atoms with E-state index >= 15 is 0 Å². The van der Waals surface area contributed by atoms with Crippen molar-refractivity contribution < 1.29 is 4.79 Å². The van der Waals surface area contributed by atoms with Crippen LogP contribution in [0.5, 0.6) is 0 Å². The first-order valence-corrected chi connectivity index (χ1v) is 7.37. The minimum Gasteiger partial charge on any atom is -0.358 e. The molecule has 1 saturated heterocycles. The third-order valence-corrected chi connectivity index (χ3v) is 3.94. The van der Waals surface area contributed by atoms with Crippen molar-refractivity contribution in [3.63, 3.8) is 0 Å². The van der Waals surface area contributed by atoms with Gasteiger partial charge in [-0.3, -0.25) is 9.69 Å². The fourth-order valence-electron chi connectivity index (χ4n) is 2.60. The van der Waals surface area contributed by atoms with Crippen molar-refractivity contribution in [3.8, 4) is 0 Å². The number of benzene rings is 1. The van der Waals surface area contributed by atoms with Crippen molar-refractivity contribution in [2.24, 2.45) is 0 Å². The second kappa shape index (κ2) is 6.86. The van der Waals surface area contributed by atoms with Crippen LogP contribution in [0.25, 0.3) is 0 Å². The number of rotatable bonds is 4. The molecule has 1 heterocycles. The summed E-state index contributed by atoms with van der Waals surface area (Å²) < 4.78 is 0. The molecule has 1 fully saturated rings. The normalized spacial score (nSPS) is 20.1. The fraction of sp³-hybridized carbons (Fsp3) is 0.562. The molecule has 0 aliphatic carbocycles. The average molecular weight is 275 g/mol.